The van der Waals surface area contributed by atoms with Crippen molar-refractivity contribution in [2.24, 2.45) is 0 Å². The Kier molecular flexibility index (Phi) is 6.61. The average molecular weight is 441 g/mol. The molecule has 4 amide bonds. The lowest BCUT2D eigenvalue weighted by atomic mass is 9.92. The van der Waals surface area contributed by atoms with Crippen LogP contribution in [0.5, 0.6) is 0 Å². The fourth-order valence-corrected chi connectivity index (χ4v) is 3.06. The van der Waals surface area contributed by atoms with Crippen LogP contribution < -0.4 is 16.0 Å². The monoisotopic (exact) mass is 441 g/mol. The number of amides is 4. The summed E-state index contributed by atoms with van der Waals surface area (Å²) in [6, 6.07) is 9.79. The molecular weight excluding hydrogens is 414 g/mol. The molecule has 1 fully saturated rings. The number of imide groups is 1. The van der Waals surface area contributed by atoms with E-state index in [2.05, 4.69) is 21.0 Å². The summed E-state index contributed by atoms with van der Waals surface area (Å²) >= 11 is 0. The molecule has 32 heavy (non-hydrogen) atoms. The maximum atomic E-state index is 12.7. The normalized spacial score (nSPS) is 16.8. The van der Waals surface area contributed by atoms with E-state index in [1.54, 1.807) is 10.7 Å². The number of rotatable bonds is 7. The van der Waals surface area contributed by atoms with Gasteiger partial charge >= 0.3 is 12.0 Å². The number of ether oxygens (including phenoxy) is 1. The number of carbonyl (C=O) groups excluding carboxylic acids is 4. The Hall–Kier alpha value is -3.69. The number of para-hydroxylation sites is 1. The van der Waals surface area contributed by atoms with Gasteiger partial charge in [0.25, 0.3) is 11.8 Å². The number of hydrogen-bond donors (Lipinski definition) is 3. The van der Waals surface area contributed by atoms with Gasteiger partial charge in [0.15, 0.2) is 6.10 Å². The molecule has 1 saturated heterocycles. The third-order valence-electron chi connectivity index (χ3n) is 4.90. The van der Waals surface area contributed by atoms with Gasteiger partial charge in [0.05, 0.1) is 11.4 Å². The van der Waals surface area contributed by atoms with E-state index in [1.807, 2.05) is 51.1 Å². The van der Waals surface area contributed by atoms with Crippen LogP contribution in [0.1, 0.15) is 46.2 Å². The SMILES string of the molecule is C[C@@H](OC(=O)CC[C@H]1NC(=O)NC1=O)C(=O)Nc1cc(C(C)(C)C)nn1-c1ccccc1. The zero-order chi connectivity index (χ0) is 23.5. The average Bonchev–Trinajstić information content (AvgIpc) is 3.29. The van der Waals surface area contributed by atoms with Crippen LogP contribution in [0.2, 0.25) is 0 Å². The molecule has 1 aromatic heterocycles. The highest BCUT2D eigenvalue weighted by atomic mass is 16.5. The van der Waals surface area contributed by atoms with Crippen LogP contribution in [0.3, 0.4) is 0 Å². The van der Waals surface area contributed by atoms with Crippen LogP contribution in [0.25, 0.3) is 5.69 Å². The van der Waals surface area contributed by atoms with Crippen molar-refractivity contribution in [1.82, 2.24) is 20.4 Å². The van der Waals surface area contributed by atoms with E-state index in [1.165, 1.54) is 6.92 Å². The number of anilines is 1. The van der Waals surface area contributed by atoms with E-state index in [0.29, 0.717) is 5.82 Å². The quantitative estimate of drug-likeness (QED) is 0.445. The first-order valence-electron chi connectivity index (χ1n) is 10.3. The van der Waals surface area contributed by atoms with Crippen molar-refractivity contribution in [1.29, 1.82) is 0 Å². The van der Waals surface area contributed by atoms with Gasteiger partial charge in [-0.2, -0.15) is 5.10 Å². The highest BCUT2D eigenvalue weighted by Gasteiger charge is 2.30. The topological polar surface area (TPSA) is 131 Å². The zero-order valence-corrected chi connectivity index (χ0v) is 18.5. The number of aromatic nitrogens is 2. The second kappa shape index (κ2) is 9.21. The molecule has 0 bridgehead atoms. The molecular formula is C22H27N5O5. The highest BCUT2D eigenvalue weighted by Crippen LogP contribution is 2.26. The van der Waals surface area contributed by atoms with Crippen molar-refractivity contribution in [2.45, 2.75) is 58.1 Å². The summed E-state index contributed by atoms with van der Waals surface area (Å²) < 4.78 is 6.83. The smallest absolute Gasteiger partial charge is 0.322 e. The molecule has 0 saturated carbocycles. The third-order valence-corrected chi connectivity index (χ3v) is 4.90. The lowest BCUT2D eigenvalue weighted by Gasteiger charge is -2.15. The Morgan fingerprint density at radius 2 is 1.91 bits per heavy atom. The van der Waals surface area contributed by atoms with E-state index in [9.17, 15) is 19.2 Å². The minimum absolute atomic E-state index is 0.0838. The first kappa shape index (κ1) is 23.0. The van der Waals surface area contributed by atoms with E-state index >= 15 is 0 Å². The van der Waals surface area contributed by atoms with Gasteiger partial charge < -0.3 is 15.4 Å². The number of nitrogens with zero attached hydrogens (tertiary/aromatic N) is 2. The Morgan fingerprint density at radius 3 is 2.50 bits per heavy atom. The molecule has 2 heterocycles. The largest absolute Gasteiger partial charge is 0.453 e. The zero-order valence-electron chi connectivity index (χ0n) is 18.5. The Bertz CT molecular complexity index is 1030. The lowest BCUT2D eigenvalue weighted by molar-refractivity contribution is -0.153. The van der Waals surface area contributed by atoms with Crippen LogP contribution in [0, 0.1) is 0 Å². The number of urea groups is 1. The van der Waals surface area contributed by atoms with Crippen LogP contribution in [0.15, 0.2) is 36.4 Å². The van der Waals surface area contributed by atoms with Gasteiger partial charge in [-0.05, 0) is 25.5 Å². The Balaban J connectivity index is 1.64. The number of hydrogen-bond acceptors (Lipinski definition) is 6. The van der Waals surface area contributed by atoms with Crippen molar-refractivity contribution >= 4 is 29.6 Å². The first-order valence-corrected chi connectivity index (χ1v) is 10.3. The van der Waals surface area contributed by atoms with Gasteiger partial charge in [-0.15, -0.1) is 0 Å². The van der Waals surface area contributed by atoms with Crippen LogP contribution in [0.4, 0.5) is 10.6 Å². The molecule has 10 nitrogen and oxygen atoms in total. The van der Waals surface area contributed by atoms with Crippen molar-refractivity contribution < 1.29 is 23.9 Å². The summed E-state index contributed by atoms with van der Waals surface area (Å²) in [6.07, 6.45) is -1.10. The maximum Gasteiger partial charge on any atom is 0.322 e. The molecule has 0 unspecified atom stereocenters. The minimum atomic E-state index is -1.06. The molecule has 2 atom stereocenters. The standard InChI is InChI=1S/C22H27N5O5/c1-13(32-18(28)11-10-15-20(30)25-21(31)23-15)19(29)24-17-12-16(22(2,3)4)26-27(17)14-8-6-5-7-9-14/h5-9,12-13,15H,10-11H2,1-4H3,(H,24,29)(H2,23,25,30,31)/t13-,15-/m1/s1. The van der Waals surface area contributed by atoms with Gasteiger partial charge in [-0.1, -0.05) is 39.0 Å². The van der Waals surface area contributed by atoms with E-state index < -0.39 is 36.0 Å². The fourth-order valence-electron chi connectivity index (χ4n) is 3.06. The van der Waals surface area contributed by atoms with E-state index in [0.717, 1.165) is 11.4 Å². The molecule has 1 aromatic carbocycles. The molecule has 1 aliphatic heterocycles. The Morgan fingerprint density at radius 1 is 1.22 bits per heavy atom. The van der Waals surface area contributed by atoms with Crippen molar-refractivity contribution in [3.8, 4) is 5.69 Å². The molecule has 0 radical (unpaired) electrons. The molecule has 170 valence electrons. The van der Waals surface area contributed by atoms with Crippen LogP contribution in [-0.4, -0.2) is 45.7 Å². The fraction of sp³-hybridized carbons (Fsp3) is 0.409. The van der Waals surface area contributed by atoms with Crippen molar-refractivity contribution in [2.75, 3.05) is 5.32 Å². The Labute approximate surface area is 185 Å². The van der Waals surface area contributed by atoms with Crippen molar-refractivity contribution in [3.63, 3.8) is 0 Å². The molecule has 3 rings (SSSR count). The lowest BCUT2D eigenvalue weighted by Crippen LogP contribution is -2.32. The summed E-state index contributed by atoms with van der Waals surface area (Å²) in [7, 11) is 0. The predicted molar refractivity (Wildman–Crippen MR) is 116 cm³/mol. The molecule has 1 aliphatic rings. The highest BCUT2D eigenvalue weighted by molar-refractivity contribution is 6.04. The maximum absolute atomic E-state index is 12.7. The van der Waals surface area contributed by atoms with Crippen LogP contribution in [-0.2, 0) is 24.5 Å². The van der Waals surface area contributed by atoms with Gasteiger partial charge in [-0.3, -0.25) is 19.7 Å². The number of nitrogens with one attached hydrogen (secondary N) is 3. The van der Waals surface area contributed by atoms with Gasteiger partial charge in [0.1, 0.15) is 11.9 Å². The summed E-state index contributed by atoms with van der Waals surface area (Å²) in [6.45, 7) is 7.53. The molecule has 0 aliphatic carbocycles. The second-order valence-corrected chi connectivity index (χ2v) is 8.59. The number of benzene rings is 1. The molecule has 10 heteroatoms. The second-order valence-electron chi connectivity index (χ2n) is 8.59. The first-order chi connectivity index (χ1) is 15.0. The van der Waals surface area contributed by atoms with Gasteiger partial charge in [0, 0.05) is 17.9 Å². The molecule has 2 aromatic rings. The van der Waals surface area contributed by atoms with Gasteiger partial charge in [-0.25, -0.2) is 9.48 Å². The predicted octanol–water partition coefficient (Wildman–Crippen LogP) is 2.03. The summed E-state index contributed by atoms with van der Waals surface area (Å²) in [4.78, 5) is 47.5. The van der Waals surface area contributed by atoms with Crippen LogP contribution >= 0.6 is 0 Å². The number of carbonyl (C=O) groups is 4. The molecule has 0 spiro atoms. The number of esters is 1. The van der Waals surface area contributed by atoms with Crippen molar-refractivity contribution in [3.05, 3.63) is 42.1 Å². The summed E-state index contributed by atoms with van der Waals surface area (Å²) in [5, 5.41) is 11.9. The summed E-state index contributed by atoms with van der Waals surface area (Å²) in [5.41, 5.74) is 1.33. The molecule has 3 N–H and O–H groups in total. The van der Waals surface area contributed by atoms with E-state index in [4.69, 9.17) is 4.74 Å². The minimum Gasteiger partial charge on any atom is -0.453 e. The summed E-state index contributed by atoms with van der Waals surface area (Å²) in [5.74, 6) is -1.19. The third kappa shape index (κ3) is 5.51. The van der Waals surface area contributed by atoms with Gasteiger partial charge in [0.2, 0.25) is 0 Å². The van der Waals surface area contributed by atoms with E-state index in [-0.39, 0.29) is 18.3 Å².